The van der Waals surface area contributed by atoms with Crippen LogP contribution in [0.3, 0.4) is 0 Å². The molecule has 4 aromatic heterocycles. The number of aromatic amines is 1. The van der Waals surface area contributed by atoms with E-state index in [0.29, 0.717) is 18.4 Å². The quantitative estimate of drug-likeness (QED) is 0.510. The molecule has 26 heavy (non-hydrogen) atoms. The summed E-state index contributed by atoms with van der Waals surface area (Å²) >= 11 is 1.71. The van der Waals surface area contributed by atoms with Crippen molar-refractivity contribution in [1.29, 1.82) is 0 Å². The fourth-order valence-corrected chi connectivity index (χ4v) is 3.84. The Hall–Kier alpha value is -2.98. The number of nitrogens with one attached hydrogen (secondary N) is 3. The van der Waals surface area contributed by atoms with Gasteiger partial charge in [-0.05, 0) is 19.9 Å². The summed E-state index contributed by atoms with van der Waals surface area (Å²) in [4.78, 5) is 10.5. The molecule has 1 aliphatic rings. The molecular formula is C16H17N9S. The highest BCUT2D eigenvalue weighted by Gasteiger charge is 2.23. The van der Waals surface area contributed by atoms with Crippen molar-refractivity contribution in [1.82, 2.24) is 35.5 Å². The molecule has 0 saturated carbocycles. The standard InChI is InChI=1S/C16H17N9S/c1-9(2)24-7-10(4-19-24)13-5-17-15-16(20-13)25(23-22-15)8-11-3-12-14(26-11)6-18-21-12/h3-7,9,23H,8H2,1-2H3,(H,17,22)(H,18,21). The van der Waals surface area contributed by atoms with Gasteiger partial charge in [-0.2, -0.15) is 10.2 Å². The van der Waals surface area contributed by atoms with Crippen LogP contribution >= 0.6 is 11.3 Å². The van der Waals surface area contributed by atoms with Crippen molar-refractivity contribution < 1.29 is 0 Å². The fraction of sp³-hybridized carbons (Fsp3) is 0.250. The molecule has 0 radical (unpaired) electrons. The molecule has 4 aromatic rings. The van der Waals surface area contributed by atoms with Gasteiger partial charge in [0.2, 0.25) is 0 Å². The second-order valence-electron chi connectivity index (χ2n) is 6.41. The first kappa shape index (κ1) is 15.3. The zero-order chi connectivity index (χ0) is 17.7. The van der Waals surface area contributed by atoms with Gasteiger partial charge in [0.25, 0.3) is 0 Å². The molecule has 3 N–H and O–H groups in total. The van der Waals surface area contributed by atoms with Crippen LogP contribution in [0.5, 0.6) is 0 Å². The van der Waals surface area contributed by atoms with Crippen LogP contribution in [-0.4, -0.2) is 29.9 Å². The van der Waals surface area contributed by atoms with Crippen LogP contribution in [0.1, 0.15) is 24.8 Å². The van der Waals surface area contributed by atoms with Crippen molar-refractivity contribution >= 4 is 33.2 Å². The van der Waals surface area contributed by atoms with E-state index in [1.807, 2.05) is 28.3 Å². The van der Waals surface area contributed by atoms with Gasteiger partial charge in [-0.25, -0.2) is 9.97 Å². The van der Waals surface area contributed by atoms with E-state index in [1.165, 1.54) is 4.88 Å². The highest BCUT2D eigenvalue weighted by atomic mass is 32.1. The molecule has 132 valence electrons. The maximum atomic E-state index is 4.78. The van der Waals surface area contributed by atoms with E-state index in [2.05, 4.69) is 51.2 Å². The third kappa shape index (κ3) is 2.50. The largest absolute Gasteiger partial charge is 0.285 e. The number of thiophene rings is 1. The minimum absolute atomic E-state index is 0.309. The average molecular weight is 367 g/mol. The summed E-state index contributed by atoms with van der Waals surface area (Å²) in [5, 5.41) is 13.4. The second-order valence-corrected chi connectivity index (χ2v) is 7.58. The highest BCUT2D eigenvalue weighted by molar-refractivity contribution is 7.19. The van der Waals surface area contributed by atoms with E-state index >= 15 is 0 Å². The average Bonchev–Trinajstić information content (AvgIpc) is 3.38. The summed E-state index contributed by atoms with van der Waals surface area (Å²) in [7, 11) is 0. The van der Waals surface area contributed by atoms with Crippen LogP contribution in [0.4, 0.5) is 11.6 Å². The maximum absolute atomic E-state index is 4.78. The van der Waals surface area contributed by atoms with Crippen LogP contribution in [0.15, 0.2) is 30.9 Å². The number of fused-ring (bicyclic) bond motifs is 2. The van der Waals surface area contributed by atoms with Gasteiger partial charge in [-0.15, -0.1) is 16.9 Å². The number of hydrogen-bond acceptors (Lipinski definition) is 8. The number of hydrazine groups is 2. The maximum Gasteiger partial charge on any atom is 0.190 e. The van der Waals surface area contributed by atoms with Gasteiger partial charge in [0.15, 0.2) is 11.6 Å². The summed E-state index contributed by atoms with van der Waals surface area (Å²) in [5.41, 5.74) is 9.00. The van der Waals surface area contributed by atoms with Crippen molar-refractivity contribution in [2.24, 2.45) is 0 Å². The number of rotatable bonds is 4. The molecule has 1 aliphatic heterocycles. The first-order valence-corrected chi connectivity index (χ1v) is 9.11. The Kier molecular flexibility index (Phi) is 3.40. The van der Waals surface area contributed by atoms with Gasteiger partial charge in [0, 0.05) is 22.7 Å². The first-order valence-electron chi connectivity index (χ1n) is 8.30. The molecule has 0 saturated heterocycles. The Morgan fingerprint density at radius 3 is 2.96 bits per heavy atom. The van der Waals surface area contributed by atoms with Crippen LogP contribution < -0.4 is 16.0 Å². The normalized spacial score (nSPS) is 13.6. The third-order valence-corrected chi connectivity index (χ3v) is 5.29. The molecule has 9 nitrogen and oxygen atoms in total. The summed E-state index contributed by atoms with van der Waals surface area (Å²) < 4.78 is 3.06. The van der Waals surface area contributed by atoms with E-state index in [1.54, 1.807) is 17.5 Å². The van der Waals surface area contributed by atoms with Gasteiger partial charge in [0.05, 0.1) is 41.0 Å². The van der Waals surface area contributed by atoms with Crippen molar-refractivity contribution in [3.63, 3.8) is 0 Å². The van der Waals surface area contributed by atoms with E-state index in [0.717, 1.165) is 27.3 Å². The smallest absolute Gasteiger partial charge is 0.190 e. The zero-order valence-corrected chi connectivity index (χ0v) is 15.1. The van der Waals surface area contributed by atoms with Gasteiger partial charge >= 0.3 is 0 Å². The highest BCUT2D eigenvalue weighted by Crippen LogP contribution is 2.31. The summed E-state index contributed by atoms with van der Waals surface area (Å²) in [5.74, 6) is 1.49. The monoisotopic (exact) mass is 367 g/mol. The van der Waals surface area contributed by atoms with E-state index < -0.39 is 0 Å². The van der Waals surface area contributed by atoms with Gasteiger partial charge in [-0.3, -0.25) is 20.2 Å². The summed E-state index contributed by atoms with van der Waals surface area (Å²) in [6.45, 7) is 4.87. The number of aromatic nitrogens is 6. The summed E-state index contributed by atoms with van der Waals surface area (Å²) in [6, 6.07) is 2.42. The topological polar surface area (TPSA) is 99.6 Å². The lowest BCUT2D eigenvalue weighted by molar-refractivity contribution is 0.532. The van der Waals surface area contributed by atoms with Crippen LogP contribution in [0, 0.1) is 0 Å². The predicted molar refractivity (Wildman–Crippen MR) is 101 cm³/mol. The molecular weight excluding hydrogens is 350 g/mol. The number of anilines is 2. The number of nitrogens with zero attached hydrogens (tertiary/aromatic N) is 6. The second kappa shape index (κ2) is 5.78. The third-order valence-electron chi connectivity index (χ3n) is 4.24. The Morgan fingerprint density at radius 1 is 1.23 bits per heavy atom. The van der Waals surface area contributed by atoms with Gasteiger partial charge in [-0.1, -0.05) is 0 Å². The van der Waals surface area contributed by atoms with Crippen LogP contribution in [-0.2, 0) is 6.54 Å². The Bertz CT molecular complexity index is 1050. The molecule has 0 amide bonds. The molecule has 5 heterocycles. The van der Waals surface area contributed by atoms with E-state index in [4.69, 9.17) is 4.98 Å². The molecule has 0 unspecified atom stereocenters. The Morgan fingerprint density at radius 2 is 2.15 bits per heavy atom. The molecule has 0 spiro atoms. The minimum Gasteiger partial charge on any atom is -0.285 e. The van der Waals surface area contributed by atoms with Gasteiger partial charge in [0.1, 0.15) is 0 Å². The lowest BCUT2D eigenvalue weighted by atomic mass is 10.2. The molecule has 5 rings (SSSR count). The number of hydrogen-bond donors (Lipinski definition) is 3. The SMILES string of the molecule is CC(C)n1cc(-c2cnc3c(n2)N(Cc2cc4[nH]ncc4s2)NN3)cn1. The van der Waals surface area contributed by atoms with Crippen LogP contribution in [0.25, 0.3) is 21.5 Å². The summed E-state index contributed by atoms with van der Waals surface area (Å²) in [6.07, 6.45) is 7.43. The lowest BCUT2D eigenvalue weighted by Gasteiger charge is -2.15. The van der Waals surface area contributed by atoms with Crippen LogP contribution in [0.2, 0.25) is 0 Å². The van der Waals surface area contributed by atoms with Crippen molar-refractivity contribution in [2.75, 3.05) is 10.4 Å². The zero-order valence-electron chi connectivity index (χ0n) is 14.3. The van der Waals surface area contributed by atoms with Crippen molar-refractivity contribution in [3.05, 3.63) is 35.7 Å². The molecule has 0 atom stereocenters. The molecule has 0 bridgehead atoms. The van der Waals surface area contributed by atoms with E-state index in [-0.39, 0.29) is 0 Å². The fourth-order valence-electron chi connectivity index (χ4n) is 2.87. The molecule has 0 fully saturated rings. The molecule has 0 aromatic carbocycles. The first-order chi connectivity index (χ1) is 12.7. The molecule has 0 aliphatic carbocycles. The van der Waals surface area contributed by atoms with E-state index in [9.17, 15) is 0 Å². The predicted octanol–water partition coefficient (Wildman–Crippen LogP) is 2.71. The minimum atomic E-state index is 0.309. The van der Waals surface area contributed by atoms with Crippen molar-refractivity contribution in [3.8, 4) is 11.3 Å². The Labute approximate surface area is 153 Å². The van der Waals surface area contributed by atoms with Crippen molar-refractivity contribution in [2.45, 2.75) is 26.4 Å². The Balaban J connectivity index is 1.44. The van der Waals surface area contributed by atoms with Gasteiger partial charge < -0.3 is 0 Å². The molecule has 10 heteroatoms. The number of H-pyrrole nitrogens is 1. The lowest BCUT2D eigenvalue weighted by Crippen LogP contribution is -2.35.